The zero-order valence-corrected chi connectivity index (χ0v) is 14.7. The minimum atomic E-state index is -0.151. The molecule has 0 aliphatic heterocycles. The van der Waals surface area contributed by atoms with Crippen LogP contribution in [0.25, 0.3) is 0 Å². The zero-order valence-electron chi connectivity index (χ0n) is 12.5. The lowest BCUT2D eigenvalue weighted by Gasteiger charge is -2.31. The van der Waals surface area contributed by atoms with Gasteiger partial charge in [-0.3, -0.25) is 0 Å². The Balaban J connectivity index is 1.76. The van der Waals surface area contributed by atoms with Crippen molar-refractivity contribution in [3.8, 4) is 0 Å². The largest absolute Gasteiger partial charge is 0.392 e. The quantitative estimate of drug-likeness (QED) is 0.667. The molecule has 1 fully saturated rings. The lowest BCUT2D eigenvalue weighted by atomic mass is 9.76. The third-order valence-electron chi connectivity index (χ3n) is 4.76. The summed E-state index contributed by atoms with van der Waals surface area (Å²) in [6.07, 6.45) is 9.86. The average Bonchev–Trinajstić information content (AvgIpc) is 2.48. The summed E-state index contributed by atoms with van der Waals surface area (Å²) in [4.78, 5) is 0. The van der Waals surface area contributed by atoms with Gasteiger partial charge in [0.1, 0.15) is 0 Å². The monoisotopic (exact) mass is 386 g/mol. The van der Waals surface area contributed by atoms with Crippen LogP contribution in [0.1, 0.15) is 57.4 Å². The van der Waals surface area contributed by atoms with E-state index in [0.717, 1.165) is 12.3 Å². The second-order valence-electron chi connectivity index (χ2n) is 6.32. The van der Waals surface area contributed by atoms with Crippen molar-refractivity contribution in [2.24, 2.45) is 11.8 Å². The van der Waals surface area contributed by atoms with Gasteiger partial charge in [-0.05, 0) is 71.4 Å². The average molecular weight is 386 g/mol. The first-order valence-electron chi connectivity index (χ1n) is 8.11. The summed E-state index contributed by atoms with van der Waals surface area (Å²) in [7, 11) is 0. The topological polar surface area (TPSA) is 20.2 Å². The van der Waals surface area contributed by atoms with Crippen molar-refractivity contribution < 1.29 is 5.11 Å². The van der Waals surface area contributed by atoms with Gasteiger partial charge in [-0.15, -0.1) is 0 Å². The van der Waals surface area contributed by atoms with E-state index in [0.29, 0.717) is 5.92 Å². The van der Waals surface area contributed by atoms with Gasteiger partial charge in [0.25, 0.3) is 0 Å². The molecule has 0 radical (unpaired) electrons. The van der Waals surface area contributed by atoms with E-state index in [1.807, 2.05) is 0 Å². The van der Waals surface area contributed by atoms with Gasteiger partial charge in [0.05, 0.1) is 6.10 Å². The van der Waals surface area contributed by atoms with E-state index in [2.05, 4.69) is 53.8 Å². The van der Waals surface area contributed by atoms with Crippen LogP contribution in [-0.4, -0.2) is 11.2 Å². The highest BCUT2D eigenvalue weighted by Gasteiger charge is 2.26. The molecule has 1 aromatic carbocycles. The van der Waals surface area contributed by atoms with Crippen molar-refractivity contribution >= 4 is 22.6 Å². The van der Waals surface area contributed by atoms with Crippen LogP contribution in [0.15, 0.2) is 24.3 Å². The molecular weight excluding hydrogens is 359 g/mol. The van der Waals surface area contributed by atoms with Crippen LogP contribution in [0, 0.1) is 15.4 Å². The number of hydrogen-bond acceptors (Lipinski definition) is 1. The van der Waals surface area contributed by atoms with Crippen LogP contribution in [0.2, 0.25) is 0 Å². The van der Waals surface area contributed by atoms with Crippen molar-refractivity contribution in [3.05, 3.63) is 33.4 Å². The molecule has 20 heavy (non-hydrogen) atoms. The maximum atomic E-state index is 10.5. The summed E-state index contributed by atoms with van der Waals surface area (Å²) in [5, 5.41) is 10.5. The summed E-state index contributed by atoms with van der Waals surface area (Å²) in [5.74, 6) is 1.45. The molecule has 1 saturated carbocycles. The van der Waals surface area contributed by atoms with Gasteiger partial charge in [0.2, 0.25) is 0 Å². The molecule has 0 heterocycles. The maximum absolute atomic E-state index is 10.5. The Bertz CT molecular complexity index is 379. The molecule has 0 spiro atoms. The first-order valence-corrected chi connectivity index (χ1v) is 9.19. The zero-order chi connectivity index (χ0) is 14.4. The van der Waals surface area contributed by atoms with Crippen LogP contribution in [0.3, 0.4) is 0 Å². The highest BCUT2D eigenvalue weighted by atomic mass is 127. The van der Waals surface area contributed by atoms with Gasteiger partial charge in [-0.25, -0.2) is 0 Å². The molecule has 112 valence electrons. The molecule has 0 amide bonds. The SMILES string of the molecule is CCCCC1CCC(C(O)Cc2ccc(I)cc2)CC1. The van der Waals surface area contributed by atoms with Crippen LogP contribution >= 0.6 is 22.6 Å². The van der Waals surface area contributed by atoms with Crippen molar-refractivity contribution in [3.63, 3.8) is 0 Å². The Morgan fingerprint density at radius 2 is 1.80 bits per heavy atom. The normalized spacial score (nSPS) is 24.6. The van der Waals surface area contributed by atoms with Gasteiger partial charge in [-0.1, -0.05) is 51.2 Å². The van der Waals surface area contributed by atoms with E-state index in [1.165, 1.54) is 54.1 Å². The molecule has 0 aromatic heterocycles. The minimum Gasteiger partial charge on any atom is -0.392 e. The van der Waals surface area contributed by atoms with E-state index in [9.17, 15) is 5.11 Å². The fourth-order valence-corrected chi connectivity index (χ4v) is 3.74. The predicted molar refractivity (Wildman–Crippen MR) is 93.8 cm³/mol. The molecule has 2 heteroatoms. The standard InChI is InChI=1S/C18H27IO/c1-2-3-4-14-5-9-16(10-6-14)18(20)13-15-7-11-17(19)12-8-15/h7-8,11-12,14,16,18,20H,2-6,9-10,13H2,1H3. The lowest BCUT2D eigenvalue weighted by Crippen LogP contribution is -2.27. The number of halogens is 1. The Morgan fingerprint density at radius 3 is 2.40 bits per heavy atom. The summed E-state index contributed by atoms with van der Waals surface area (Å²) >= 11 is 2.32. The number of unbranched alkanes of at least 4 members (excludes halogenated alkanes) is 1. The van der Waals surface area contributed by atoms with Gasteiger partial charge < -0.3 is 5.11 Å². The molecule has 1 atom stereocenters. The predicted octanol–water partition coefficient (Wildman–Crippen LogP) is 5.19. The Hall–Kier alpha value is -0.0900. The number of hydrogen-bond donors (Lipinski definition) is 1. The molecule has 0 saturated heterocycles. The van der Waals surface area contributed by atoms with Crippen molar-refractivity contribution in [1.82, 2.24) is 0 Å². The highest BCUT2D eigenvalue weighted by Crippen LogP contribution is 2.34. The number of rotatable bonds is 6. The van der Waals surface area contributed by atoms with Crippen LogP contribution in [0.4, 0.5) is 0 Å². The van der Waals surface area contributed by atoms with Crippen LogP contribution in [0.5, 0.6) is 0 Å². The van der Waals surface area contributed by atoms with Gasteiger partial charge in [-0.2, -0.15) is 0 Å². The molecular formula is C18H27IO. The Labute approximate surface area is 137 Å². The molecule has 1 N–H and O–H groups in total. The van der Waals surface area contributed by atoms with Crippen molar-refractivity contribution in [1.29, 1.82) is 0 Å². The second kappa shape index (κ2) is 8.38. The first-order chi connectivity index (χ1) is 9.69. The van der Waals surface area contributed by atoms with Crippen molar-refractivity contribution in [2.45, 2.75) is 64.4 Å². The second-order valence-corrected chi connectivity index (χ2v) is 7.57. The molecule has 1 aliphatic rings. The molecule has 1 nitrogen and oxygen atoms in total. The van der Waals surface area contributed by atoms with Crippen LogP contribution < -0.4 is 0 Å². The van der Waals surface area contributed by atoms with Crippen molar-refractivity contribution in [2.75, 3.05) is 0 Å². The minimum absolute atomic E-state index is 0.151. The van der Waals surface area contributed by atoms with E-state index in [4.69, 9.17) is 0 Å². The van der Waals surface area contributed by atoms with Gasteiger partial charge >= 0.3 is 0 Å². The Morgan fingerprint density at radius 1 is 1.15 bits per heavy atom. The number of benzene rings is 1. The number of aliphatic hydroxyl groups is 1. The fraction of sp³-hybridized carbons (Fsp3) is 0.667. The molecule has 1 aliphatic carbocycles. The molecule has 1 unspecified atom stereocenters. The van der Waals surface area contributed by atoms with E-state index in [1.54, 1.807) is 0 Å². The third-order valence-corrected chi connectivity index (χ3v) is 5.48. The summed E-state index contributed by atoms with van der Waals surface area (Å²) < 4.78 is 1.26. The molecule has 2 rings (SSSR count). The Kier molecular flexibility index (Phi) is 6.82. The summed E-state index contributed by atoms with van der Waals surface area (Å²) in [5.41, 5.74) is 1.27. The van der Waals surface area contributed by atoms with E-state index >= 15 is 0 Å². The summed E-state index contributed by atoms with van der Waals surface area (Å²) in [6.45, 7) is 2.27. The smallest absolute Gasteiger partial charge is 0.0608 e. The number of aliphatic hydroxyl groups excluding tert-OH is 1. The highest BCUT2D eigenvalue weighted by molar-refractivity contribution is 14.1. The van der Waals surface area contributed by atoms with Gasteiger partial charge in [0, 0.05) is 3.57 Å². The summed E-state index contributed by atoms with van der Waals surface area (Å²) in [6, 6.07) is 8.56. The van der Waals surface area contributed by atoms with E-state index in [-0.39, 0.29) is 6.10 Å². The fourth-order valence-electron chi connectivity index (χ4n) is 3.38. The van der Waals surface area contributed by atoms with Crippen LogP contribution in [-0.2, 0) is 6.42 Å². The third kappa shape index (κ3) is 5.03. The lowest BCUT2D eigenvalue weighted by molar-refractivity contribution is 0.0726. The maximum Gasteiger partial charge on any atom is 0.0608 e. The molecule has 1 aromatic rings. The molecule has 0 bridgehead atoms. The first kappa shape index (κ1) is 16.3. The van der Waals surface area contributed by atoms with Gasteiger partial charge in [0.15, 0.2) is 0 Å². The van der Waals surface area contributed by atoms with E-state index < -0.39 is 0 Å².